The van der Waals surface area contributed by atoms with Crippen LogP contribution in [0, 0.1) is 22.7 Å². The topological polar surface area (TPSA) is 66.0 Å². The highest BCUT2D eigenvalue weighted by molar-refractivity contribution is 7.16. The summed E-state index contributed by atoms with van der Waals surface area (Å²) in [6.07, 6.45) is 2.86. The van der Waals surface area contributed by atoms with Gasteiger partial charge in [0.15, 0.2) is 5.76 Å². The van der Waals surface area contributed by atoms with Crippen molar-refractivity contribution in [2.45, 2.75) is 40.0 Å². The number of rotatable bonds is 3. The van der Waals surface area contributed by atoms with Gasteiger partial charge in [0.1, 0.15) is 16.8 Å². The van der Waals surface area contributed by atoms with Crippen molar-refractivity contribution in [3.8, 4) is 17.4 Å². The van der Waals surface area contributed by atoms with Crippen molar-refractivity contribution in [2.24, 2.45) is 11.3 Å². The molecule has 2 aromatic heterocycles. The zero-order chi connectivity index (χ0) is 22.3. The summed E-state index contributed by atoms with van der Waals surface area (Å²) >= 11 is 13.8. The quantitative estimate of drug-likeness (QED) is 0.426. The van der Waals surface area contributed by atoms with Gasteiger partial charge in [0.25, 0.3) is 5.91 Å². The number of nitrogens with one attached hydrogen (secondary N) is 1. The molecule has 0 aliphatic heterocycles. The van der Waals surface area contributed by atoms with Crippen LogP contribution in [0.5, 0.6) is 0 Å². The lowest BCUT2D eigenvalue weighted by atomic mass is 9.72. The molecule has 1 aromatic carbocycles. The molecular weight excluding hydrogens is 451 g/mol. The van der Waals surface area contributed by atoms with Crippen LogP contribution in [0.3, 0.4) is 0 Å². The standard InChI is InChI=1S/C24H22Cl2N2O2S/c1-24(2,3)13-4-6-15-17(12-27)23(31-21(15)10-13)28-22(29)20-9-8-19(30-20)16-11-14(25)5-7-18(16)26/h5,7-9,11,13H,4,6,10H2,1-3H3,(H,28,29). The van der Waals surface area contributed by atoms with Gasteiger partial charge in [-0.15, -0.1) is 11.3 Å². The molecule has 0 spiro atoms. The number of nitriles is 1. The summed E-state index contributed by atoms with van der Waals surface area (Å²) in [7, 11) is 0. The second-order valence-electron chi connectivity index (χ2n) is 8.87. The largest absolute Gasteiger partial charge is 0.451 e. The summed E-state index contributed by atoms with van der Waals surface area (Å²) in [5.41, 5.74) is 2.48. The molecule has 0 saturated heterocycles. The number of hydrogen-bond acceptors (Lipinski definition) is 4. The molecule has 1 unspecified atom stereocenters. The van der Waals surface area contributed by atoms with Crippen LogP contribution in [0.25, 0.3) is 11.3 Å². The molecule has 4 nitrogen and oxygen atoms in total. The molecule has 0 saturated carbocycles. The predicted octanol–water partition coefficient (Wildman–Crippen LogP) is 7.59. The van der Waals surface area contributed by atoms with E-state index in [9.17, 15) is 10.1 Å². The maximum atomic E-state index is 12.8. The molecule has 1 atom stereocenters. The fraction of sp³-hybridized carbons (Fsp3) is 0.333. The smallest absolute Gasteiger partial charge is 0.292 e. The highest BCUT2D eigenvalue weighted by Crippen LogP contribution is 2.44. The second-order valence-corrected chi connectivity index (χ2v) is 10.8. The molecule has 2 heterocycles. The van der Waals surface area contributed by atoms with E-state index >= 15 is 0 Å². The number of nitrogens with zero attached hydrogens (tertiary/aromatic N) is 1. The minimum absolute atomic E-state index is 0.147. The van der Waals surface area contributed by atoms with Crippen LogP contribution < -0.4 is 5.32 Å². The number of carbonyl (C=O) groups is 1. The third-order valence-corrected chi connectivity index (χ3v) is 7.59. The highest BCUT2D eigenvalue weighted by Gasteiger charge is 2.32. The van der Waals surface area contributed by atoms with Gasteiger partial charge >= 0.3 is 0 Å². The normalized spacial score (nSPS) is 15.9. The van der Waals surface area contributed by atoms with E-state index in [1.165, 1.54) is 16.2 Å². The number of hydrogen-bond donors (Lipinski definition) is 1. The summed E-state index contributed by atoms with van der Waals surface area (Å²) in [4.78, 5) is 14.0. The summed E-state index contributed by atoms with van der Waals surface area (Å²) < 4.78 is 5.74. The number of amides is 1. The third kappa shape index (κ3) is 4.39. The first-order chi connectivity index (χ1) is 14.7. The number of benzene rings is 1. The second kappa shape index (κ2) is 8.35. The van der Waals surface area contributed by atoms with E-state index in [1.807, 2.05) is 0 Å². The zero-order valence-corrected chi connectivity index (χ0v) is 19.8. The highest BCUT2D eigenvalue weighted by atomic mass is 35.5. The van der Waals surface area contributed by atoms with E-state index in [0.717, 1.165) is 24.8 Å². The molecule has 1 aliphatic carbocycles. The van der Waals surface area contributed by atoms with E-state index in [0.29, 0.717) is 37.9 Å². The average Bonchev–Trinajstić information content (AvgIpc) is 3.33. The maximum absolute atomic E-state index is 12.8. The Morgan fingerprint density at radius 1 is 1.26 bits per heavy atom. The first kappa shape index (κ1) is 22.0. The fourth-order valence-electron chi connectivity index (χ4n) is 3.99. The number of furan rings is 1. The predicted molar refractivity (Wildman–Crippen MR) is 126 cm³/mol. The summed E-state index contributed by atoms with van der Waals surface area (Å²) in [6.45, 7) is 6.76. The van der Waals surface area contributed by atoms with E-state index < -0.39 is 5.91 Å². The fourth-order valence-corrected chi connectivity index (χ4v) is 5.64. The molecule has 31 heavy (non-hydrogen) atoms. The maximum Gasteiger partial charge on any atom is 0.292 e. The number of anilines is 1. The van der Waals surface area contributed by atoms with Gasteiger partial charge in [0.2, 0.25) is 0 Å². The minimum Gasteiger partial charge on any atom is -0.451 e. The Bertz CT molecular complexity index is 1200. The van der Waals surface area contributed by atoms with Gasteiger partial charge in [-0.2, -0.15) is 5.26 Å². The van der Waals surface area contributed by atoms with Gasteiger partial charge in [0, 0.05) is 15.5 Å². The molecule has 1 aliphatic rings. The van der Waals surface area contributed by atoms with Gasteiger partial charge < -0.3 is 9.73 Å². The number of fused-ring (bicyclic) bond motifs is 1. The Balaban J connectivity index is 1.58. The molecule has 7 heteroatoms. The van der Waals surface area contributed by atoms with Crippen molar-refractivity contribution < 1.29 is 9.21 Å². The molecule has 4 rings (SSSR count). The SMILES string of the molecule is CC(C)(C)C1CCc2c(sc(NC(=O)c3ccc(-c4cc(Cl)ccc4Cl)o3)c2C#N)C1. The first-order valence-electron chi connectivity index (χ1n) is 10.1. The van der Waals surface area contributed by atoms with Crippen molar-refractivity contribution in [2.75, 3.05) is 5.32 Å². The average molecular weight is 473 g/mol. The monoisotopic (exact) mass is 472 g/mol. The van der Waals surface area contributed by atoms with Crippen molar-refractivity contribution in [3.63, 3.8) is 0 Å². The molecular formula is C24H22Cl2N2O2S. The molecule has 1 amide bonds. The number of carbonyl (C=O) groups excluding carboxylic acids is 1. The van der Waals surface area contributed by atoms with Crippen molar-refractivity contribution >= 4 is 45.4 Å². The van der Waals surface area contributed by atoms with Crippen LogP contribution in [-0.2, 0) is 12.8 Å². The molecule has 0 fully saturated rings. The number of thiophene rings is 1. The Labute approximate surface area is 195 Å². The van der Waals surface area contributed by atoms with Crippen LogP contribution in [0.4, 0.5) is 5.00 Å². The molecule has 1 N–H and O–H groups in total. The number of halogens is 2. The van der Waals surface area contributed by atoms with Gasteiger partial charge in [-0.05, 0) is 66.5 Å². The van der Waals surface area contributed by atoms with Crippen molar-refractivity contribution in [1.82, 2.24) is 0 Å². The lowest BCUT2D eigenvalue weighted by Crippen LogP contribution is -2.26. The van der Waals surface area contributed by atoms with Crippen LogP contribution in [0.2, 0.25) is 10.0 Å². The lowest BCUT2D eigenvalue weighted by Gasteiger charge is -2.33. The van der Waals surface area contributed by atoms with Crippen LogP contribution in [-0.4, -0.2) is 5.91 Å². The lowest BCUT2D eigenvalue weighted by molar-refractivity contribution is 0.0998. The van der Waals surface area contributed by atoms with Crippen molar-refractivity contribution in [3.05, 3.63) is 62.1 Å². The molecule has 0 bridgehead atoms. The van der Waals surface area contributed by atoms with Gasteiger partial charge in [0.05, 0.1) is 10.6 Å². The van der Waals surface area contributed by atoms with Gasteiger partial charge in [-0.25, -0.2) is 0 Å². The van der Waals surface area contributed by atoms with Crippen LogP contribution >= 0.6 is 34.5 Å². The third-order valence-electron chi connectivity index (χ3n) is 5.85. The summed E-state index contributed by atoms with van der Waals surface area (Å²) in [6, 6.07) is 10.6. The van der Waals surface area contributed by atoms with Crippen LogP contribution in [0.1, 0.15) is 53.8 Å². The van der Waals surface area contributed by atoms with E-state index in [2.05, 4.69) is 32.2 Å². The zero-order valence-electron chi connectivity index (χ0n) is 17.5. The van der Waals surface area contributed by atoms with Crippen molar-refractivity contribution in [1.29, 1.82) is 5.26 Å². The van der Waals surface area contributed by atoms with E-state index in [1.54, 1.807) is 30.3 Å². The first-order valence-corrected chi connectivity index (χ1v) is 11.7. The van der Waals surface area contributed by atoms with E-state index in [4.69, 9.17) is 27.6 Å². The molecule has 160 valence electrons. The van der Waals surface area contributed by atoms with E-state index in [-0.39, 0.29) is 11.2 Å². The van der Waals surface area contributed by atoms with Gasteiger partial charge in [-0.1, -0.05) is 44.0 Å². The Morgan fingerprint density at radius 2 is 2.03 bits per heavy atom. The van der Waals surface area contributed by atoms with Crippen LogP contribution in [0.15, 0.2) is 34.7 Å². The Hall–Kier alpha value is -2.26. The summed E-state index contributed by atoms with van der Waals surface area (Å²) in [5.74, 6) is 0.765. The molecule has 0 radical (unpaired) electrons. The molecule has 3 aromatic rings. The summed E-state index contributed by atoms with van der Waals surface area (Å²) in [5, 5.41) is 14.2. The Kier molecular flexibility index (Phi) is 5.91. The minimum atomic E-state index is -0.396. The Morgan fingerprint density at radius 3 is 2.74 bits per heavy atom. The van der Waals surface area contributed by atoms with Gasteiger partial charge in [-0.3, -0.25) is 4.79 Å².